The molecule has 2 aliphatic heterocycles. The first kappa shape index (κ1) is 14.3. The Balaban J connectivity index is 1.43. The van der Waals surface area contributed by atoms with Crippen LogP contribution in [0.3, 0.4) is 0 Å². The van der Waals surface area contributed by atoms with E-state index >= 15 is 0 Å². The first-order valence-corrected chi connectivity index (χ1v) is 7.99. The second kappa shape index (κ2) is 5.70. The molecule has 1 aromatic carbocycles. The Labute approximate surface area is 134 Å². The lowest BCUT2D eigenvalue weighted by atomic mass is 9.88. The Hall–Kier alpha value is -2.34. The van der Waals surface area contributed by atoms with E-state index in [1.165, 1.54) is 0 Å². The molecule has 2 bridgehead atoms. The number of benzene rings is 1. The van der Waals surface area contributed by atoms with Crippen LogP contribution < -0.4 is 10.6 Å². The highest BCUT2D eigenvalue weighted by molar-refractivity contribution is 5.93. The van der Waals surface area contributed by atoms with Gasteiger partial charge in [-0.15, -0.1) is 0 Å². The number of hydrogen-bond acceptors (Lipinski definition) is 4. The third-order valence-electron chi connectivity index (χ3n) is 4.57. The quantitative estimate of drug-likeness (QED) is 0.911. The molecule has 2 aromatic rings. The molecule has 0 aliphatic carbocycles. The van der Waals surface area contributed by atoms with Gasteiger partial charge in [-0.25, -0.2) is 0 Å². The summed E-state index contributed by atoms with van der Waals surface area (Å²) in [6.07, 6.45) is 7.01. The molecule has 23 heavy (non-hydrogen) atoms. The average molecular weight is 312 g/mol. The van der Waals surface area contributed by atoms with Crippen LogP contribution in [-0.2, 0) is 16.6 Å². The van der Waals surface area contributed by atoms with Gasteiger partial charge in [-0.05, 0) is 37.5 Å². The minimum atomic E-state index is -0.0105. The molecule has 0 spiro atoms. The lowest BCUT2D eigenvalue weighted by Crippen LogP contribution is -2.30. The summed E-state index contributed by atoms with van der Waals surface area (Å²) < 4.78 is 7.51. The standard InChI is InChI=1S/C17H20N4O2/c1-21-10-13(9-18-21)19-11-3-2-4-12(7-11)20-17(22)15-8-14-5-6-16(15)23-14/h2-4,7,9-10,14-16,19H,5-6,8H2,1H3,(H,20,22). The molecule has 2 fully saturated rings. The van der Waals surface area contributed by atoms with Crippen LogP contribution in [-0.4, -0.2) is 27.9 Å². The van der Waals surface area contributed by atoms with Crippen molar-refractivity contribution in [3.63, 3.8) is 0 Å². The predicted octanol–water partition coefficient (Wildman–Crippen LogP) is 2.67. The number of hydrogen-bond donors (Lipinski definition) is 2. The molecule has 6 heteroatoms. The van der Waals surface area contributed by atoms with E-state index in [2.05, 4.69) is 15.7 Å². The maximum absolute atomic E-state index is 12.5. The summed E-state index contributed by atoms with van der Waals surface area (Å²) in [5, 5.41) is 10.4. The molecule has 0 saturated carbocycles. The van der Waals surface area contributed by atoms with Crippen molar-refractivity contribution in [2.75, 3.05) is 10.6 Å². The number of carbonyl (C=O) groups excluding carboxylic acids is 1. The highest BCUT2D eigenvalue weighted by Crippen LogP contribution is 2.39. The normalized spacial score (nSPS) is 25.5. The third kappa shape index (κ3) is 2.94. The van der Waals surface area contributed by atoms with Gasteiger partial charge in [-0.2, -0.15) is 5.10 Å². The number of fused-ring (bicyclic) bond motifs is 2. The molecule has 1 aromatic heterocycles. The van der Waals surface area contributed by atoms with Gasteiger partial charge in [0, 0.05) is 24.6 Å². The van der Waals surface area contributed by atoms with Crippen LogP contribution in [0.1, 0.15) is 19.3 Å². The zero-order valence-electron chi connectivity index (χ0n) is 13.0. The third-order valence-corrected chi connectivity index (χ3v) is 4.57. The first-order chi connectivity index (χ1) is 11.2. The lowest BCUT2D eigenvalue weighted by molar-refractivity contribution is -0.121. The molecule has 120 valence electrons. The zero-order valence-corrected chi connectivity index (χ0v) is 13.0. The number of rotatable bonds is 4. The van der Waals surface area contributed by atoms with Crippen molar-refractivity contribution in [3.8, 4) is 0 Å². The van der Waals surface area contributed by atoms with E-state index in [1.807, 2.05) is 37.5 Å². The Kier molecular flexibility index (Phi) is 3.53. The molecule has 1 amide bonds. The van der Waals surface area contributed by atoms with Crippen LogP contribution in [0.4, 0.5) is 17.1 Å². The molecule has 2 saturated heterocycles. The lowest BCUT2D eigenvalue weighted by Gasteiger charge is -2.18. The minimum Gasteiger partial charge on any atom is -0.374 e. The van der Waals surface area contributed by atoms with Gasteiger partial charge in [0.05, 0.1) is 30.0 Å². The van der Waals surface area contributed by atoms with E-state index in [-0.39, 0.29) is 24.0 Å². The monoisotopic (exact) mass is 312 g/mol. The molecule has 2 N–H and O–H groups in total. The van der Waals surface area contributed by atoms with Crippen LogP contribution in [0.15, 0.2) is 36.7 Å². The van der Waals surface area contributed by atoms with Crippen LogP contribution >= 0.6 is 0 Å². The van der Waals surface area contributed by atoms with Crippen molar-refractivity contribution in [1.82, 2.24) is 9.78 Å². The van der Waals surface area contributed by atoms with Crippen molar-refractivity contribution < 1.29 is 9.53 Å². The summed E-state index contributed by atoms with van der Waals surface area (Å²) in [4.78, 5) is 12.5. The molecule has 6 nitrogen and oxygen atoms in total. The topological polar surface area (TPSA) is 68.2 Å². The summed E-state index contributed by atoms with van der Waals surface area (Å²) in [5.41, 5.74) is 2.63. The number of ether oxygens (including phenoxy) is 1. The number of amides is 1. The molecule has 3 unspecified atom stereocenters. The molecular formula is C17H20N4O2. The average Bonchev–Trinajstić information content (AvgIpc) is 3.24. The molecule has 3 atom stereocenters. The summed E-state index contributed by atoms with van der Waals surface area (Å²) >= 11 is 0. The zero-order chi connectivity index (χ0) is 15.8. The fourth-order valence-corrected chi connectivity index (χ4v) is 3.48. The number of nitrogens with zero attached hydrogens (tertiary/aromatic N) is 2. The van der Waals surface area contributed by atoms with Gasteiger partial charge in [-0.3, -0.25) is 9.48 Å². The van der Waals surface area contributed by atoms with E-state index in [4.69, 9.17) is 4.74 Å². The van der Waals surface area contributed by atoms with E-state index < -0.39 is 0 Å². The minimum absolute atomic E-state index is 0.0105. The highest BCUT2D eigenvalue weighted by Gasteiger charge is 2.44. The van der Waals surface area contributed by atoms with Gasteiger partial charge >= 0.3 is 0 Å². The second-order valence-corrected chi connectivity index (χ2v) is 6.31. The van der Waals surface area contributed by atoms with Crippen LogP contribution in [0.5, 0.6) is 0 Å². The van der Waals surface area contributed by atoms with Gasteiger partial charge in [0.2, 0.25) is 5.91 Å². The molecular weight excluding hydrogens is 292 g/mol. The molecule has 4 rings (SSSR count). The van der Waals surface area contributed by atoms with E-state index in [0.29, 0.717) is 0 Å². The smallest absolute Gasteiger partial charge is 0.230 e. The summed E-state index contributed by atoms with van der Waals surface area (Å²) in [6.45, 7) is 0. The van der Waals surface area contributed by atoms with Gasteiger partial charge < -0.3 is 15.4 Å². The Morgan fingerprint density at radius 1 is 1.30 bits per heavy atom. The SMILES string of the molecule is Cn1cc(Nc2cccc(NC(=O)C3CC4CCC3O4)c2)cn1. The highest BCUT2D eigenvalue weighted by atomic mass is 16.5. The number of anilines is 3. The van der Waals surface area contributed by atoms with Crippen molar-refractivity contribution in [2.45, 2.75) is 31.5 Å². The van der Waals surface area contributed by atoms with Crippen LogP contribution in [0, 0.1) is 5.92 Å². The van der Waals surface area contributed by atoms with Crippen molar-refractivity contribution >= 4 is 23.0 Å². The van der Waals surface area contributed by atoms with E-state index in [9.17, 15) is 4.79 Å². The van der Waals surface area contributed by atoms with Crippen LogP contribution in [0.2, 0.25) is 0 Å². The van der Waals surface area contributed by atoms with Crippen molar-refractivity contribution in [2.24, 2.45) is 13.0 Å². The number of aromatic nitrogens is 2. The van der Waals surface area contributed by atoms with Gasteiger partial charge in [0.1, 0.15) is 0 Å². The summed E-state index contributed by atoms with van der Waals surface area (Å²) in [5.74, 6) is 0.0550. The molecule has 3 heterocycles. The predicted molar refractivity (Wildman–Crippen MR) is 87.6 cm³/mol. The number of carbonyl (C=O) groups is 1. The maximum atomic E-state index is 12.5. The van der Waals surface area contributed by atoms with Crippen molar-refractivity contribution in [3.05, 3.63) is 36.7 Å². The Morgan fingerprint density at radius 2 is 2.17 bits per heavy atom. The van der Waals surface area contributed by atoms with E-state index in [0.717, 1.165) is 36.3 Å². The van der Waals surface area contributed by atoms with Crippen molar-refractivity contribution in [1.29, 1.82) is 0 Å². The Bertz CT molecular complexity index is 727. The summed E-state index contributed by atoms with van der Waals surface area (Å²) in [6, 6.07) is 7.72. The Morgan fingerprint density at radius 3 is 2.87 bits per heavy atom. The largest absolute Gasteiger partial charge is 0.374 e. The molecule has 2 aliphatic rings. The second-order valence-electron chi connectivity index (χ2n) is 6.31. The first-order valence-electron chi connectivity index (χ1n) is 7.99. The number of aryl methyl sites for hydroxylation is 1. The van der Waals surface area contributed by atoms with Crippen LogP contribution in [0.25, 0.3) is 0 Å². The van der Waals surface area contributed by atoms with E-state index in [1.54, 1.807) is 10.9 Å². The molecule has 0 radical (unpaired) electrons. The summed E-state index contributed by atoms with van der Waals surface area (Å²) in [7, 11) is 1.87. The van der Waals surface area contributed by atoms with Gasteiger partial charge in [0.25, 0.3) is 0 Å². The van der Waals surface area contributed by atoms with Gasteiger partial charge in [0.15, 0.2) is 0 Å². The fraction of sp³-hybridized carbons (Fsp3) is 0.412. The number of nitrogens with one attached hydrogen (secondary N) is 2. The maximum Gasteiger partial charge on any atom is 0.230 e. The van der Waals surface area contributed by atoms with Gasteiger partial charge in [-0.1, -0.05) is 6.07 Å². The fourth-order valence-electron chi connectivity index (χ4n) is 3.48.